The van der Waals surface area contributed by atoms with E-state index in [9.17, 15) is 9.59 Å². The van der Waals surface area contributed by atoms with E-state index in [0.717, 1.165) is 5.69 Å². The van der Waals surface area contributed by atoms with Gasteiger partial charge in [0.2, 0.25) is 0 Å². The minimum atomic E-state index is -0.293. The molecule has 0 atom stereocenters. The molecule has 1 aliphatic heterocycles. The maximum absolute atomic E-state index is 13.0. The molecule has 6 heteroatoms. The van der Waals surface area contributed by atoms with Crippen LogP contribution in [0.3, 0.4) is 0 Å². The molecule has 0 unspecified atom stereocenters. The van der Waals surface area contributed by atoms with Crippen molar-refractivity contribution in [2.45, 2.75) is 6.54 Å². The highest BCUT2D eigenvalue weighted by molar-refractivity contribution is 6.10. The lowest BCUT2D eigenvalue weighted by molar-refractivity contribution is -0.118. The van der Waals surface area contributed by atoms with Crippen molar-refractivity contribution in [2.75, 3.05) is 29.2 Å². The summed E-state index contributed by atoms with van der Waals surface area (Å²) in [5.41, 5.74) is 3.67. The van der Waals surface area contributed by atoms with Crippen LogP contribution in [0, 0.1) is 0 Å². The third-order valence-corrected chi connectivity index (χ3v) is 4.71. The zero-order valence-electron chi connectivity index (χ0n) is 16.0. The average molecular weight is 387 g/mol. The van der Waals surface area contributed by atoms with Crippen LogP contribution < -0.4 is 20.3 Å². The lowest BCUT2D eigenvalue weighted by Gasteiger charge is -2.24. The topological polar surface area (TPSA) is 70.7 Å². The van der Waals surface area contributed by atoms with E-state index in [0.29, 0.717) is 29.2 Å². The number of hydrogen-bond acceptors (Lipinski definition) is 4. The highest BCUT2D eigenvalue weighted by atomic mass is 16.5. The Morgan fingerprint density at radius 1 is 1.03 bits per heavy atom. The van der Waals surface area contributed by atoms with Crippen molar-refractivity contribution in [2.24, 2.45) is 0 Å². The first kappa shape index (κ1) is 18.6. The average Bonchev–Trinajstić information content (AvgIpc) is 2.74. The summed E-state index contributed by atoms with van der Waals surface area (Å²) >= 11 is 0. The number of anilines is 3. The Bertz CT molecular complexity index is 1050. The summed E-state index contributed by atoms with van der Waals surface area (Å²) in [5.74, 6) is -0.138. The fourth-order valence-electron chi connectivity index (χ4n) is 3.34. The molecule has 0 aromatic heterocycles. The van der Waals surface area contributed by atoms with E-state index < -0.39 is 0 Å². The summed E-state index contributed by atoms with van der Waals surface area (Å²) in [7, 11) is 1.99. The molecule has 0 bridgehead atoms. The molecule has 0 aliphatic carbocycles. The van der Waals surface area contributed by atoms with E-state index in [1.54, 1.807) is 18.2 Å². The maximum Gasteiger partial charge on any atom is 0.262 e. The van der Waals surface area contributed by atoms with Crippen LogP contribution in [0.1, 0.15) is 15.9 Å². The molecule has 4 rings (SSSR count). The standard InChI is InChI=1S/C23H21N3O3/c1-26(14-16-8-3-2-4-9-16)20-13-6-5-11-18(20)25-23(28)17-10-7-12-19-22(17)29-15-21(27)24-19/h2-13H,14-15H2,1H3,(H,24,27)(H,25,28). The van der Waals surface area contributed by atoms with Crippen molar-refractivity contribution in [3.8, 4) is 5.75 Å². The smallest absolute Gasteiger partial charge is 0.262 e. The number of hydrogen-bond donors (Lipinski definition) is 2. The third kappa shape index (κ3) is 4.06. The number of ether oxygens (including phenoxy) is 1. The second kappa shape index (κ2) is 8.06. The number of amides is 2. The maximum atomic E-state index is 13.0. The molecule has 3 aromatic rings. The molecule has 1 heterocycles. The number of rotatable bonds is 5. The fraction of sp³-hybridized carbons (Fsp3) is 0.130. The van der Waals surface area contributed by atoms with E-state index in [-0.39, 0.29) is 18.4 Å². The molecule has 0 radical (unpaired) electrons. The van der Waals surface area contributed by atoms with Gasteiger partial charge in [-0.1, -0.05) is 48.5 Å². The first-order valence-electron chi connectivity index (χ1n) is 9.33. The predicted octanol–water partition coefficient (Wildman–Crippen LogP) is 3.91. The summed E-state index contributed by atoms with van der Waals surface area (Å²) in [6, 6.07) is 22.9. The van der Waals surface area contributed by atoms with E-state index in [2.05, 4.69) is 27.7 Å². The van der Waals surface area contributed by atoms with E-state index in [4.69, 9.17) is 4.74 Å². The molecule has 146 valence electrons. The SMILES string of the molecule is CN(Cc1ccccc1)c1ccccc1NC(=O)c1cccc2c1OCC(=O)N2. The van der Waals surface area contributed by atoms with Crippen LogP contribution in [0.4, 0.5) is 17.1 Å². The summed E-state index contributed by atoms with van der Waals surface area (Å²) < 4.78 is 5.50. The lowest BCUT2D eigenvalue weighted by atomic mass is 10.1. The monoisotopic (exact) mass is 387 g/mol. The highest BCUT2D eigenvalue weighted by Gasteiger charge is 2.23. The molecule has 0 spiro atoms. The summed E-state index contributed by atoms with van der Waals surface area (Å²) in [6.45, 7) is 0.608. The van der Waals surface area contributed by atoms with Crippen molar-refractivity contribution in [3.63, 3.8) is 0 Å². The van der Waals surface area contributed by atoms with Gasteiger partial charge in [-0.25, -0.2) is 0 Å². The third-order valence-electron chi connectivity index (χ3n) is 4.71. The first-order valence-corrected chi connectivity index (χ1v) is 9.33. The number of benzene rings is 3. The van der Waals surface area contributed by atoms with Crippen LogP contribution >= 0.6 is 0 Å². The predicted molar refractivity (Wildman–Crippen MR) is 114 cm³/mol. The summed E-state index contributed by atoms with van der Waals surface area (Å²) in [5, 5.41) is 5.71. The van der Waals surface area contributed by atoms with Crippen LogP contribution in [0.5, 0.6) is 5.75 Å². The lowest BCUT2D eigenvalue weighted by Crippen LogP contribution is -2.27. The van der Waals surface area contributed by atoms with Gasteiger partial charge in [0.25, 0.3) is 11.8 Å². The second-order valence-electron chi connectivity index (χ2n) is 6.83. The Kier molecular flexibility index (Phi) is 5.16. The molecule has 0 saturated carbocycles. The van der Waals surface area contributed by atoms with Gasteiger partial charge in [-0.3, -0.25) is 9.59 Å². The van der Waals surface area contributed by atoms with E-state index >= 15 is 0 Å². The Morgan fingerprint density at radius 2 is 1.79 bits per heavy atom. The van der Waals surface area contributed by atoms with Crippen molar-refractivity contribution in [1.82, 2.24) is 0 Å². The number of carbonyl (C=O) groups is 2. The number of nitrogens with zero attached hydrogens (tertiary/aromatic N) is 1. The van der Waals surface area contributed by atoms with Crippen molar-refractivity contribution >= 4 is 28.9 Å². The molecule has 6 nitrogen and oxygen atoms in total. The first-order chi connectivity index (χ1) is 14.1. The second-order valence-corrected chi connectivity index (χ2v) is 6.83. The Hall–Kier alpha value is -3.80. The number of carbonyl (C=O) groups excluding carboxylic acids is 2. The number of fused-ring (bicyclic) bond motifs is 1. The molecule has 2 amide bonds. The minimum Gasteiger partial charge on any atom is -0.481 e. The van der Waals surface area contributed by atoms with Crippen molar-refractivity contribution in [1.29, 1.82) is 0 Å². The van der Waals surface area contributed by atoms with E-state index in [1.165, 1.54) is 5.56 Å². The molecule has 3 aromatic carbocycles. The summed E-state index contributed by atoms with van der Waals surface area (Å²) in [6.07, 6.45) is 0. The van der Waals surface area contributed by atoms with Crippen LogP contribution in [0.2, 0.25) is 0 Å². The Morgan fingerprint density at radius 3 is 2.62 bits per heavy atom. The molecule has 0 fully saturated rings. The molecule has 2 N–H and O–H groups in total. The van der Waals surface area contributed by atoms with Gasteiger partial charge in [0.05, 0.1) is 22.6 Å². The zero-order valence-corrected chi connectivity index (χ0v) is 16.0. The van der Waals surface area contributed by atoms with Gasteiger partial charge in [0.15, 0.2) is 12.4 Å². The van der Waals surface area contributed by atoms with Gasteiger partial charge in [-0.2, -0.15) is 0 Å². The fourth-order valence-corrected chi connectivity index (χ4v) is 3.34. The van der Waals surface area contributed by atoms with Crippen LogP contribution in [-0.4, -0.2) is 25.5 Å². The largest absolute Gasteiger partial charge is 0.481 e. The van der Waals surface area contributed by atoms with Gasteiger partial charge in [0.1, 0.15) is 0 Å². The van der Waals surface area contributed by atoms with Gasteiger partial charge >= 0.3 is 0 Å². The molecular formula is C23H21N3O3. The van der Waals surface area contributed by atoms with Gasteiger partial charge < -0.3 is 20.3 Å². The quantitative estimate of drug-likeness (QED) is 0.696. The molecular weight excluding hydrogens is 366 g/mol. The number of para-hydroxylation sites is 3. The van der Waals surface area contributed by atoms with Crippen LogP contribution in [-0.2, 0) is 11.3 Å². The number of nitrogens with one attached hydrogen (secondary N) is 2. The minimum absolute atomic E-state index is 0.103. The van der Waals surface area contributed by atoms with E-state index in [1.807, 2.05) is 49.5 Å². The van der Waals surface area contributed by atoms with Crippen molar-refractivity contribution < 1.29 is 14.3 Å². The normalized spacial score (nSPS) is 12.4. The van der Waals surface area contributed by atoms with Gasteiger partial charge in [0, 0.05) is 13.6 Å². The van der Waals surface area contributed by atoms with Gasteiger partial charge in [-0.15, -0.1) is 0 Å². The van der Waals surface area contributed by atoms with Crippen LogP contribution in [0.25, 0.3) is 0 Å². The Balaban J connectivity index is 1.57. The van der Waals surface area contributed by atoms with Crippen molar-refractivity contribution in [3.05, 3.63) is 83.9 Å². The van der Waals surface area contributed by atoms with Gasteiger partial charge in [-0.05, 0) is 29.8 Å². The molecule has 0 saturated heterocycles. The molecule has 1 aliphatic rings. The highest BCUT2D eigenvalue weighted by Crippen LogP contribution is 2.33. The molecule has 29 heavy (non-hydrogen) atoms. The summed E-state index contributed by atoms with van der Waals surface area (Å²) in [4.78, 5) is 26.6. The Labute approximate surface area is 169 Å². The zero-order chi connectivity index (χ0) is 20.2. The van der Waals surface area contributed by atoms with Crippen LogP contribution in [0.15, 0.2) is 72.8 Å².